The summed E-state index contributed by atoms with van der Waals surface area (Å²) >= 11 is 0. The first-order chi connectivity index (χ1) is 9.84. The largest absolute Gasteiger partial charge is 0.446 e. The Kier molecular flexibility index (Phi) is 3.38. The van der Waals surface area contributed by atoms with Crippen molar-refractivity contribution in [1.29, 1.82) is 0 Å². The van der Waals surface area contributed by atoms with Crippen LogP contribution in [0.4, 0.5) is 4.79 Å². The van der Waals surface area contributed by atoms with Gasteiger partial charge in [0, 0.05) is 11.6 Å². The minimum Gasteiger partial charge on any atom is -0.446 e. The van der Waals surface area contributed by atoms with Gasteiger partial charge in [-0.15, -0.1) is 0 Å². The lowest BCUT2D eigenvalue weighted by atomic mass is 10.1. The van der Waals surface area contributed by atoms with Gasteiger partial charge in [-0.2, -0.15) is 0 Å². The van der Waals surface area contributed by atoms with Crippen molar-refractivity contribution in [3.8, 4) is 12.0 Å². The molecule has 1 amide bonds. The zero-order valence-electron chi connectivity index (χ0n) is 10.8. The van der Waals surface area contributed by atoms with Crippen LogP contribution in [-0.2, 0) is 4.74 Å². The molecule has 1 fully saturated rings. The predicted octanol–water partition coefficient (Wildman–Crippen LogP) is 3.19. The molecule has 3 nitrogen and oxygen atoms in total. The molecule has 1 aliphatic rings. The van der Waals surface area contributed by atoms with Gasteiger partial charge in [-0.25, -0.2) is 9.69 Å². The molecule has 1 heterocycles. The maximum absolute atomic E-state index is 11.8. The molecule has 0 spiro atoms. The first-order valence-electron chi connectivity index (χ1n) is 6.42. The summed E-state index contributed by atoms with van der Waals surface area (Å²) in [5, 5.41) is 0. The maximum Gasteiger partial charge on any atom is 0.422 e. The van der Waals surface area contributed by atoms with Crippen molar-refractivity contribution in [2.24, 2.45) is 0 Å². The van der Waals surface area contributed by atoms with Crippen LogP contribution in [0.25, 0.3) is 0 Å². The van der Waals surface area contributed by atoms with E-state index in [1.54, 1.807) is 0 Å². The Morgan fingerprint density at radius 1 is 1.00 bits per heavy atom. The Morgan fingerprint density at radius 3 is 2.35 bits per heavy atom. The van der Waals surface area contributed by atoms with Crippen molar-refractivity contribution in [3.05, 3.63) is 71.8 Å². The third-order valence-corrected chi connectivity index (χ3v) is 3.15. The van der Waals surface area contributed by atoms with E-state index in [2.05, 4.69) is 12.0 Å². The molecule has 2 aromatic rings. The van der Waals surface area contributed by atoms with Gasteiger partial charge in [-0.05, 0) is 23.6 Å². The summed E-state index contributed by atoms with van der Waals surface area (Å²) in [6, 6.07) is 22.1. The predicted molar refractivity (Wildman–Crippen MR) is 75.7 cm³/mol. The van der Waals surface area contributed by atoms with Crippen molar-refractivity contribution >= 4 is 6.09 Å². The van der Waals surface area contributed by atoms with Gasteiger partial charge in [-0.1, -0.05) is 48.5 Å². The van der Waals surface area contributed by atoms with Crippen LogP contribution < -0.4 is 0 Å². The third kappa shape index (κ3) is 2.50. The number of hydrogen-bond donors (Lipinski definition) is 0. The normalized spacial score (nSPS) is 17.3. The van der Waals surface area contributed by atoms with Crippen LogP contribution in [0.1, 0.15) is 17.2 Å². The molecule has 98 valence electrons. The average Bonchev–Trinajstić information content (AvgIpc) is 2.88. The molecule has 0 aromatic heterocycles. The van der Waals surface area contributed by atoms with Gasteiger partial charge in [-0.3, -0.25) is 0 Å². The second-order valence-corrected chi connectivity index (χ2v) is 4.48. The van der Waals surface area contributed by atoms with E-state index in [1.807, 2.05) is 60.7 Å². The van der Waals surface area contributed by atoms with Crippen LogP contribution >= 0.6 is 0 Å². The molecule has 3 rings (SSSR count). The second kappa shape index (κ2) is 5.50. The van der Waals surface area contributed by atoms with Gasteiger partial charge < -0.3 is 4.74 Å². The van der Waals surface area contributed by atoms with E-state index in [9.17, 15) is 4.79 Å². The van der Waals surface area contributed by atoms with Gasteiger partial charge in [0.05, 0.1) is 0 Å². The Labute approximate surface area is 117 Å². The lowest BCUT2D eigenvalue weighted by Crippen LogP contribution is -2.22. The summed E-state index contributed by atoms with van der Waals surface area (Å²) in [6.45, 7) is 0.340. The summed E-state index contributed by atoms with van der Waals surface area (Å²) in [5.74, 6) is 2.99. The number of hydrogen-bond acceptors (Lipinski definition) is 2. The number of rotatable bonds is 1. The van der Waals surface area contributed by atoms with Gasteiger partial charge in [0.25, 0.3) is 0 Å². The SMILES string of the molecule is O=C1OCC(c2ccccc2)N1C#Cc1ccccc1. The molecule has 1 unspecified atom stereocenters. The zero-order valence-corrected chi connectivity index (χ0v) is 10.8. The first kappa shape index (κ1) is 12.3. The minimum atomic E-state index is -0.387. The molecule has 3 heteroatoms. The molecule has 1 atom stereocenters. The topological polar surface area (TPSA) is 29.5 Å². The van der Waals surface area contributed by atoms with Crippen LogP contribution in [0, 0.1) is 12.0 Å². The molecule has 0 bridgehead atoms. The van der Waals surface area contributed by atoms with E-state index in [1.165, 1.54) is 4.90 Å². The molecule has 0 aliphatic carbocycles. The summed E-state index contributed by atoms with van der Waals surface area (Å²) in [5.41, 5.74) is 1.90. The van der Waals surface area contributed by atoms with Gasteiger partial charge in [0.15, 0.2) is 0 Å². The zero-order chi connectivity index (χ0) is 13.8. The highest BCUT2D eigenvalue weighted by Crippen LogP contribution is 2.26. The monoisotopic (exact) mass is 263 g/mol. The van der Waals surface area contributed by atoms with E-state index in [-0.39, 0.29) is 12.1 Å². The molecular formula is C17H13NO2. The Hall–Kier alpha value is -2.73. The fourth-order valence-corrected chi connectivity index (χ4v) is 2.11. The van der Waals surface area contributed by atoms with E-state index in [0.717, 1.165) is 11.1 Å². The number of carbonyl (C=O) groups is 1. The van der Waals surface area contributed by atoms with E-state index >= 15 is 0 Å². The smallest absolute Gasteiger partial charge is 0.422 e. The number of amides is 1. The minimum absolute atomic E-state index is 0.139. The fourth-order valence-electron chi connectivity index (χ4n) is 2.11. The Balaban J connectivity index is 1.87. The Morgan fingerprint density at radius 2 is 1.65 bits per heavy atom. The number of benzene rings is 2. The molecule has 20 heavy (non-hydrogen) atoms. The van der Waals surface area contributed by atoms with Crippen LogP contribution in [0.2, 0.25) is 0 Å². The molecule has 1 aliphatic heterocycles. The van der Waals surface area contributed by atoms with Crippen molar-refractivity contribution in [2.75, 3.05) is 6.61 Å². The highest BCUT2D eigenvalue weighted by molar-refractivity contribution is 5.73. The van der Waals surface area contributed by atoms with E-state index < -0.39 is 0 Å². The fraction of sp³-hybridized carbons (Fsp3) is 0.118. The van der Waals surface area contributed by atoms with Crippen molar-refractivity contribution in [2.45, 2.75) is 6.04 Å². The lowest BCUT2D eigenvalue weighted by Gasteiger charge is -2.14. The number of nitrogens with zero attached hydrogens (tertiary/aromatic N) is 1. The number of ether oxygens (including phenoxy) is 1. The highest BCUT2D eigenvalue weighted by atomic mass is 16.6. The molecule has 0 radical (unpaired) electrons. The summed E-state index contributed by atoms with van der Waals surface area (Å²) in [6.07, 6.45) is -0.387. The number of carbonyl (C=O) groups excluding carboxylic acids is 1. The van der Waals surface area contributed by atoms with Crippen LogP contribution in [0.3, 0.4) is 0 Å². The molecule has 0 saturated carbocycles. The summed E-state index contributed by atoms with van der Waals surface area (Å²) < 4.78 is 5.11. The summed E-state index contributed by atoms with van der Waals surface area (Å²) in [4.78, 5) is 13.2. The number of cyclic esters (lactones) is 1. The quantitative estimate of drug-likeness (QED) is 0.739. The molecular weight excluding hydrogens is 250 g/mol. The second-order valence-electron chi connectivity index (χ2n) is 4.48. The third-order valence-electron chi connectivity index (χ3n) is 3.15. The van der Waals surface area contributed by atoms with Crippen LogP contribution in [-0.4, -0.2) is 17.6 Å². The van der Waals surface area contributed by atoms with Gasteiger partial charge >= 0.3 is 6.09 Å². The molecule has 2 aromatic carbocycles. The standard InChI is InChI=1S/C17H13NO2/c19-17-18(12-11-14-7-3-1-4-8-14)16(13-20-17)15-9-5-2-6-10-15/h1-10,16H,13H2. The van der Waals surface area contributed by atoms with Gasteiger partial charge in [0.1, 0.15) is 12.6 Å². The Bertz CT molecular complexity index is 656. The molecule has 1 saturated heterocycles. The van der Waals surface area contributed by atoms with E-state index in [0.29, 0.717) is 6.61 Å². The van der Waals surface area contributed by atoms with Crippen molar-refractivity contribution < 1.29 is 9.53 Å². The summed E-state index contributed by atoms with van der Waals surface area (Å²) in [7, 11) is 0. The highest BCUT2D eigenvalue weighted by Gasteiger charge is 2.33. The van der Waals surface area contributed by atoms with E-state index in [4.69, 9.17) is 4.74 Å². The first-order valence-corrected chi connectivity index (χ1v) is 6.42. The van der Waals surface area contributed by atoms with Crippen LogP contribution in [0.5, 0.6) is 0 Å². The van der Waals surface area contributed by atoms with Crippen molar-refractivity contribution in [1.82, 2.24) is 4.90 Å². The van der Waals surface area contributed by atoms with Crippen LogP contribution in [0.15, 0.2) is 60.7 Å². The molecule has 0 N–H and O–H groups in total. The lowest BCUT2D eigenvalue weighted by molar-refractivity contribution is 0.167. The maximum atomic E-state index is 11.8. The van der Waals surface area contributed by atoms with Crippen molar-refractivity contribution in [3.63, 3.8) is 0 Å². The van der Waals surface area contributed by atoms with Gasteiger partial charge in [0.2, 0.25) is 0 Å². The average molecular weight is 263 g/mol.